The number of H-pyrrole nitrogens is 1. The van der Waals surface area contributed by atoms with Crippen LogP contribution in [0.2, 0.25) is 0 Å². The molecule has 0 radical (unpaired) electrons. The number of sulfonamides is 1. The van der Waals surface area contributed by atoms with Crippen molar-refractivity contribution in [1.29, 1.82) is 0 Å². The molecule has 0 aliphatic carbocycles. The van der Waals surface area contributed by atoms with Crippen LogP contribution in [0.4, 0.5) is 4.39 Å². The molecule has 0 spiro atoms. The van der Waals surface area contributed by atoms with Crippen molar-refractivity contribution in [3.63, 3.8) is 0 Å². The molecule has 9 heteroatoms. The summed E-state index contributed by atoms with van der Waals surface area (Å²) < 4.78 is 37.9. The second-order valence-corrected chi connectivity index (χ2v) is 6.96. The van der Waals surface area contributed by atoms with E-state index >= 15 is 0 Å². The number of nitrogens with one attached hydrogen (secondary N) is 3. The quantitative estimate of drug-likeness (QED) is 0.723. The Hall–Kier alpha value is -2.26. The zero-order chi connectivity index (χ0) is 17.0. The highest BCUT2D eigenvalue weighted by Crippen LogP contribution is 2.20. The van der Waals surface area contributed by atoms with E-state index < -0.39 is 15.9 Å². The van der Waals surface area contributed by atoms with E-state index in [0.717, 1.165) is 0 Å². The second kappa shape index (κ2) is 6.88. The Labute approximate surface area is 133 Å². The maximum absolute atomic E-state index is 13.3. The first-order valence-corrected chi connectivity index (χ1v) is 8.49. The third-order valence-corrected chi connectivity index (χ3v) is 4.61. The van der Waals surface area contributed by atoms with Crippen LogP contribution >= 0.6 is 0 Å². The van der Waals surface area contributed by atoms with E-state index in [1.54, 1.807) is 19.1 Å². The van der Waals surface area contributed by atoms with Gasteiger partial charge in [-0.3, -0.25) is 9.89 Å². The molecule has 0 aliphatic rings. The predicted octanol–water partition coefficient (Wildman–Crippen LogP) is 0.803. The molecule has 7 nitrogen and oxygen atoms in total. The van der Waals surface area contributed by atoms with E-state index in [9.17, 15) is 17.6 Å². The molecule has 0 unspecified atom stereocenters. The van der Waals surface area contributed by atoms with Gasteiger partial charge in [0.2, 0.25) is 10.0 Å². The largest absolute Gasteiger partial charge is 0.350 e. The SMILES string of the molecule is CNS(=O)(=O)CCNC(=O)c1cc(-c2ccc(F)c(C)c2)n[nH]1. The fourth-order valence-corrected chi connectivity index (χ4v) is 2.46. The van der Waals surface area contributed by atoms with Gasteiger partial charge in [0.25, 0.3) is 5.91 Å². The minimum Gasteiger partial charge on any atom is -0.350 e. The lowest BCUT2D eigenvalue weighted by molar-refractivity contribution is 0.0951. The first-order valence-electron chi connectivity index (χ1n) is 6.84. The van der Waals surface area contributed by atoms with Crippen LogP contribution in [0, 0.1) is 12.7 Å². The molecular formula is C14H17FN4O3S. The summed E-state index contributed by atoms with van der Waals surface area (Å²) in [6.07, 6.45) is 0. The zero-order valence-electron chi connectivity index (χ0n) is 12.7. The maximum atomic E-state index is 13.3. The third kappa shape index (κ3) is 4.36. The van der Waals surface area contributed by atoms with Crippen molar-refractivity contribution >= 4 is 15.9 Å². The molecule has 1 heterocycles. The molecule has 0 saturated carbocycles. The number of benzene rings is 1. The van der Waals surface area contributed by atoms with E-state index in [4.69, 9.17) is 0 Å². The van der Waals surface area contributed by atoms with Crippen molar-refractivity contribution in [3.8, 4) is 11.3 Å². The molecule has 0 bridgehead atoms. The van der Waals surface area contributed by atoms with Gasteiger partial charge in [-0.15, -0.1) is 0 Å². The van der Waals surface area contributed by atoms with E-state index in [-0.39, 0.29) is 23.8 Å². The van der Waals surface area contributed by atoms with Gasteiger partial charge in [0.15, 0.2) is 0 Å². The molecule has 2 rings (SSSR count). The lowest BCUT2D eigenvalue weighted by atomic mass is 10.1. The highest BCUT2D eigenvalue weighted by atomic mass is 32.2. The standard InChI is InChI=1S/C14H17FN4O3S/c1-9-7-10(3-4-11(9)15)12-8-13(19-18-12)14(20)17-5-6-23(21,22)16-2/h3-4,7-8,16H,5-6H2,1-2H3,(H,17,20)(H,18,19). The molecule has 3 N–H and O–H groups in total. The first kappa shape index (κ1) is 17.1. The molecule has 2 aromatic rings. The Balaban J connectivity index is 2.04. The number of carbonyl (C=O) groups is 1. The molecule has 0 atom stereocenters. The summed E-state index contributed by atoms with van der Waals surface area (Å²) in [6.45, 7) is 1.62. The van der Waals surface area contributed by atoms with Crippen LogP contribution in [0.15, 0.2) is 24.3 Å². The van der Waals surface area contributed by atoms with Gasteiger partial charge in [-0.2, -0.15) is 5.10 Å². The normalized spacial score (nSPS) is 11.4. The Morgan fingerprint density at radius 1 is 1.35 bits per heavy atom. The van der Waals surface area contributed by atoms with Crippen molar-refractivity contribution in [1.82, 2.24) is 20.2 Å². The van der Waals surface area contributed by atoms with Crippen LogP contribution in [-0.4, -0.2) is 43.9 Å². The lowest BCUT2D eigenvalue weighted by Crippen LogP contribution is -2.33. The topological polar surface area (TPSA) is 104 Å². The van der Waals surface area contributed by atoms with Crippen molar-refractivity contribution < 1.29 is 17.6 Å². The number of aryl methyl sites for hydroxylation is 1. The number of aromatic amines is 1. The van der Waals surface area contributed by atoms with Crippen LogP contribution in [0.25, 0.3) is 11.3 Å². The van der Waals surface area contributed by atoms with Gasteiger partial charge < -0.3 is 5.32 Å². The van der Waals surface area contributed by atoms with E-state index in [2.05, 4.69) is 20.2 Å². The number of rotatable bonds is 6. The van der Waals surface area contributed by atoms with Gasteiger partial charge in [-0.1, -0.05) is 0 Å². The first-order chi connectivity index (χ1) is 10.8. The summed E-state index contributed by atoms with van der Waals surface area (Å²) in [4.78, 5) is 11.9. The minimum atomic E-state index is -3.37. The van der Waals surface area contributed by atoms with Gasteiger partial charge in [0.1, 0.15) is 11.5 Å². The minimum absolute atomic E-state index is 0.0218. The average Bonchev–Trinajstić information content (AvgIpc) is 3.00. The smallest absolute Gasteiger partial charge is 0.269 e. The summed E-state index contributed by atoms with van der Waals surface area (Å²) in [5.41, 5.74) is 1.86. The van der Waals surface area contributed by atoms with Crippen LogP contribution in [0.1, 0.15) is 16.1 Å². The van der Waals surface area contributed by atoms with Crippen molar-refractivity contribution in [2.75, 3.05) is 19.3 Å². The van der Waals surface area contributed by atoms with Gasteiger partial charge in [-0.05, 0) is 43.8 Å². The van der Waals surface area contributed by atoms with E-state index in [1.165, 1.54) is 19.2 Å². The third-order valence-electron chi connectivity index (χ3n) is 3.24. The maximum Gasteiger partial charge on any atom is 0.269 e. The van der Waals surface area contributed by atoms with Crippen LogP contribution < -0.4 is 10.0 Å². The number of halogens is 1. The zero-order valence-corrected chi connectivity index (χ0v) is 13.5. The molecular weight excluding hydrogens is 323 g/mol. The molecule has 1 aromatic carbocycles. The Kier molecular flexibility index (Phi) is 5.12. The summed E-state index contributed by atoms with van der Waals surface area (Å²) in [7, 11) is -2.06. The number of aromatic nitrogens is 2. The number of nitrogens with zero attached hydrogens (tertiary/aromatic N) is 1. The summed E-state index contributed by atoms with van der Waals surface area (Å²) in [5.74, 6) is -0.991. The van der Waals surface area contributed by atoms with Crippen LogP contribution in [-0.2, 0) is 10.0 Å². The van der Waals surface area contributed by atoms with E-state index in [0.29, 0.717) is 16.8 Å². The van der Waals surface area contributed by atoms with Gasteiger partial charge in [-0.25, -0.2) is 17.5 Å². The molecule has 0 aliphatic heterocycles. The number of carbonyl (C=O) groups excluding carboxylic acids is 1. The van der Waals surface area contributed by atoms with Gasteiger partial charge in [0, 0.05) is 12.1 Å². The molecule has 0 saturated heterocycles. The van der Waals surface area contributed by atoms with E-state index in [1.807, 2.05) is 0 Å². The average molecular weight is 340 g/mol. The Bertz CT molecular complexity index is 817. The highest BCUT2D eigenvalue weighted by Gasteiger charge is 2.13. The molecule has 1 amide bonds. The van der Waals surface area contributed by atoms with Gasteiger partial charge >= 0.3 is 0 Å². The van der Waals surface area contributed by atoms with Crippen LogP contribution in [0.5, 0.6) is 0 Å². The van der Waals surface area contributed by atoms with Crippen molar-refractivity contribution in [2.45, 2.75) is 6.92 Å². The van der Waals surface area contributed by atoms with Crippen molar-refractivity contribution in [2.24, 2.45) is 0 Å². The summed E-state index contributed by atoms with van der Waals surface area (Å²) in [5, 5.41) is 9.08. The molecule has 0 fully saturated rings. The summed E-state index contributed by atoms with van der Waals surface area (Å²) >= 11 is 0. The van der Waals surface area contributed by atoms with Crippen LogP contribution in [0.3, 0.4) is 0 Å². The number of amides is 1. The molecule has 124 valence electrons. The van der Waals surface area contributed by atoms with Crippen molar-refractivity contribution in [3.05, 3.63) is 41.3 Å². The predicted molar refractivity (Wildman–Crippen MR) is 83.9 cm³/mol. The molecule has 1 aromatic heterocycles. The highest BCUT2D eigenvalue weighted by molar-refractivity contribution is 7.89. The van der Waals surface area contributed by atoms with Gasteiger partial charge in [0.05, 0.1) is 11.4 Å². The fourth-order valence-electron chi connectivity index (χ4n) is 1.89. The second-order valence-electron chi connectivity index (χ2n) is 4.91. The number of hydrogen-bond donors (Lipinski definition) is 3. The molecule has 23 heavy (non-hydrogen) atoms. The fraction of sp³-hybridized carbons (Fsp3) is 0.286. The lowest BCUT2D eigenvalue weighted by Gasteiger charge is -2.03. The Morgan fingerprint density at radius 2 is 2.09 bits per heavy atom. The summed E-state index contributed by atoms with van der Waals surface area (Å²) in [6, 6.07) is 6.06. The Morgan fingerprint density at radius 3 is 2.74 bits per heavy atom. The number of hydrogen-bond acceptors (Lipinski definition) is 4. The monoisotopic (exact) mass is 340 g/mol.